The Morgan fingerprint density at radius 2 is 1.29 bits per heavy atom. The van der Waals surface area contributed by atoms with Crippen molar-refractivity contribution in [1.82, 2.24) is 19.6 Å². The van der Waals surface area contributed by atoms with Crippen LogP contribution in [0.1, 0.15) is 26.2 Å². The van der Waals surface area contributed by atoms with E-state index in [0.29, 0.717) is 0 Å². The number of aromatic nitrogens is 4. The number of para-hydroxylation sites is 3. The van der Waals surface area contributed by atoms with E-state index in [1.165, 1.54) is 26.7 Å². The molecule has 0 N–H and O–H groups in total. The van der Waals surface area contributed by atoms with Crippen molar-refractivity contribution in [2.75, 3.05) is 0 Å². The molecule has 0 aliphatic carbocycles. The van der Waals surface area contributed by atoms with Crippen molar-refractivity contribution < 1.29 is 0 Å². The van der Waals surface area contributed by atoms with Crippen molar-refractivity contribution >= 4 is 44.6 Å². The molecule has 1 unspecified atom stereocenters. The molecule has 0 amide bonds. The van der Waals surface area contributed by atoms with Gasteiger partial charge in [-0.2, -0.15) is 0 Å². The summed E-state index contributed by atoms with van der Waals surface area (Å²) >= 11 is 1.86. The van der Waals surface area contributed by atoms with Crippen LogP contribution in [-0.2, 0) is 4.99 Å². The van der Waals surface area contributed by atoms with E-state index in [-0.39, 0.29) is 0 Å². The van der Waals surface area contributed by atoms with Crippen molar-refractivity contribution in [2.45, 2.75) is 36.1 Å². The zero-order valence-electron chi connectivity index (χ0n) is 19.1. The fourth-order valence-electron chi connectivity index (χ4n) is 4.96. The topological polar surface area (TPSA) is 35.6 Å². The standard InChI is InChI=1S/C29H26N4S/c1-2-3-21-29(34-22-13-5-4-6-14-22,33-28-20-12-9-17-25(28)30-31-33)32-26-18-10-7-15-23(26)24-16-8-11-19-27(24)32/h4-20H,2-3,21H2,1H3. The third-order valence-corrected chi connectivity index (χ3v) is 7.89. The summed E-state index contributed by atoms with van der Waals surface area (Å²) in [5, 5.41) is 11.9. The average molecular weight is 463 g/mol. The molecular weight excluding hydrogens is 436 g/mol. The van der Waals surface area contributed by atoms with E-state index in [2.05, 4.69) is 112 Å². The molecule has 2 heterocycles. The lowest BCUT2D eigenvalue weighted by Gasteiger charge is -2.37. The van der Waals surface area contributed by atoms with Gasteiger partial charge in [-0.1, -0.05) is 97.0 Å². The Balaban J connectivity index is 1.75. The van der Waals surface area contributed by atoms with E-state index in [1.807, 2.05) is 23.9 Å². The molecule has 0 aliphatic heterocycles. The van der Waals surface area contributed by atoms with Gasteiger partial charge in [0, 0.05) is 22.1 Å². The van der Waals surface area contributed by atoms with E-state index in [4.69, 9.17) is 5.21 Å². The minimum atomic E-state index is -0.532. The minimum absolute atomic E-state index is 0.532. The summed E-state index contributed by atoms with van der Waals surface area (Å²) < 4.78 is 4.67. The van der Waals surface area contributed by atoms with Crippen molar-refractivity contribution in [2.24, 2.45) is 0 Å². The highest BCUT2D eigenvalue weighted by molar-refractivity contribution is 8.00. The zero-order valence-corrected chi connectivity index (χ0v) is 19.9. The van der Waals surface area contributed by atoms with Gasteiger partial charge in [-0.25, -0.2) is 4.68 Å². The van der Waals surface area contributed by atoms with Gasteiger partial charge in [-0.3, -0.25) is 0 Å². The third-order valence-electron chi connectivity index (χ3n) is 6.49. The first-order chi connectivity index (χ1) is 16.8. The fraction of sp³-hybridized carbons (Fsp3) is 0.172. The number of fused-ring (bicyclic) bond motifs is 4. The van der Waals surface area contributed by atoms with Crippen molar-refractivity contribution in [3.63, 3.8) is 0 Å². The summed E-state index contributed by atoms with van der Waals surface area (Å²) in [6, 6.07) is 36.4. The Morgan fingerprint density at radius 3 is 1.97 bits per heavy atom. The molecule has 6 aromatic rings. The Labute approximate surface area is 203 Å². The number of hydrogen-bond acceptors (Lipinski definition) is 3. The first-order valence-corrected chi connectivity index (χ1v) is 12.7. The molecule has 34 heavy (non-hydrogen) atoms. The van der Waals surface area contributed by atoms with Crippen LogP contribution >= 0.6 is 11.8 Å². The molecule has 0 fully saturated rings. The summed E-state index contributed by atoms with van der Waals surface area (Å²) in [5.74, 6) is 0. The second kappa shape index (κ2) is 8.65. The van der Waals surface area contributed by atoms with Crippen LogP contribution in [0.5, 0.6) is 0 Å². The Morgan fingerprint density at radius 1 is 0.706 bits per heavy atom. The molecule has 0 bridgehead atoms. The lowest BCUT2D eigenvalue weighted by molar-refractivity contribution is 0.328. The molecule has 0 radical (unpaired) electrons. The monoisotopic (exact) mass is 462 g/mol. The molecule has 2 aromatic heterocycles. The van der Waals surface area contributed by atoms with Crippen LogP contribution in [0.2, 0.25) is 0 Å². The van der Waals surface area contributed by atoms with Gasteiger partial charge >= 0.3 is 0 Å². The predicted octanol–water partition coefficient (Wildman–Crippen LogP) is 7.68. The number of unbranched alkanes of at least 4 members (excludes halogenated alkanes) is 1. The van der Waals surface area contributed by atoms with Crippen LogP contribution < -0.4 is 0 Å². The number of nitrogens with zero attached hydrogens (tertiary/aromatic N) is 4. The van der Waals surface area contributed by atoms with Gasteiger partial charge < -0.3 is 4.57 Å². The van der Waals surface area contributed by atoms with Crippen LogP contribution in [0.25, 0.3) is 32.8 Å². The maximum absolute atomic E-state index is 4.81. The molecule has 5 heteroatoms. The summed E-state index contributed by atoms with van der Waals surface area (Å²) in [5.41, 5.74) is 4.38. The van der Waals surface area contributed by atoms with Gasteiger partial charge in [-0.05, 0) is 42.8 Å². The normalized spacial score (nSPS) is 13.6. The Hall–Kier alpha value is -3.57. The Kier molecular flexibility index (Phi) is 5.34. The Bertz CT molecular complexity index is 1530. The van der Waals surface area contributed by atoms with Gasteiger partial charge in [0.1, 0.15) is 5.52 Å². The fourth-order valence-corrected chi connectivity index (χ4v) is 6.39. The zero-order chi connectivity index (χ0) is 23.0. The average Bonchev–Trinajstić information content (AvgIpc) is 3.48. The van der Waals surface area contributed by atoms with E-state index >= 15 is 0 Å². The van der Waals surface area contributed by atoms with Crippen LogP contribution in [-0.4, -0.2) is 19.6 Å². The van der Waals surface area contributed by atoms with Crippen molar-refractivity contribution in [1.29, 1.82) is 0 Å². The second-order valence-electron chi connectivity index (χ2n) is 8.62. The quantitative estimate of drug-likeness (QED) is 0.228. The molecular formula is C29H26N4S. The molecule has 6 rings (SSSR count). The molecule has 4 nitrogen and oxygen atoms in total. The summed E-state index contributed by atoms with van der Waals surface area (Å²) in [7, 11) is 0. The SMILES string of the molecule is CCCCC(Sc1ccccc1)(n1nnc2ccccc21)n1c2ccccc2c2ccccc21. The van der Waals surface area contributed by atoms with Crippen molar-refractivity contribution in [3.8, 4) is 0 Å². The maximum Gasteiger partial charge on any atom is 0.192 e. The number of benzene rings is 4. The second-order valence-corrected chi connectivity index (χ2v) is 9.95. The van der Waals surface area contributed by atoms with Crippen LogP contribution in [0.4, 0.5) is 0 Å². The van der Waals surface area contributed by atoms with E-state index in [0.717, 1.165) is 30.3 Å². The van der Waals surface area contributed by atoms with Gasteiger partial charge in [0.2, 0.25) is 0 Å². The van der Waals surface area contributed by atoms with Gasteiger partial charge in [0.25, 0.3) is 0 Å². The molecule has 1 atom stereocenters. The highest BCUT2D eigenvalue weighted by atomic mass is 32.2. The first kappa shape index (κ1) is 21.0. The third kappa shape index (κ3) is 3.31. The largest absolute Gasteiger partial charge is 0.306 e. The maximum atomic E-state index is 4.81. The molecule has 0 saturated heterocycles. The summed E-state index contributed by atoms with van der Waals surface area (Å²) in [6.07, 6.45) is 3.08. The smallest absolute Gasteiger partial charge is 0.192 e. The minimum Gasteiger partial charge on any atom is -0.306 e. The van der Waals surface area contributed by atoms with Gasteiger partial charge in [0.15, 0.2) is 4.99 Å². The van der Waals surface area contributed by atoms with Crippen LogP contribution in [0.15, 0.2) is 108 Å². The van der Waals surface area contributed by atoms with Gasteiger partial charge in [0.05, 0.1) is 16.6 Å². The lowest BCUT2D eigenvalue weighted by atomic mass is 10.2. The summed E-state index contributed by atoms with van der Waals surface area (Å²) in [6.45, 7) is 2.25. The number of thioether (sulfide) groups is 1. The molecule has 0 spiro atoms. The van der Waals surface area contributed by atoms with Crippen LogP contribution in [0, 0.1) is 0 Å². The molecule has 168 valence electrons. The van der Waals surface area contributed by atoms with E-state index in [1.54, 1.807) is 0 Å². The highest BCUT2D eigenvalue weighted by Gasteiger charge is 2.40. The van der Waals surface area contributed by atoms with Gasteiger partial charge in [-0.15, -0.1) is 5.10 Å². The molecule has 4 aromatic carbocycles. The highest BCUT2D eigenvalue weighted by Crippen LogP contribution is 2.47. The van der Waals surface area contributed by atoms with E-state index in [9.17, 15) is 0 Å². The number of hydrogen-bond donors (Lipinski definition) is 0. The molecule has 0 saturated carbocycles. The lowest BCUT2D eigenvalue weighted by Crippen LogP contribution is -2.39. The van der Waals surface area contributed by atoms with E-state index < -0.39 is 4.99 Å². The van der Waals surface area contributed by atoms with Crippen molar-refractivity contribution in [3.05, 3.63) is 103 Å². The molecule has 0 aliphatic rings. The van der Waals surface area contributed by atoms with Crippen LogP contribution in [0.3, 0.4) is 0 Å². The summed E-state index contributed by atoms with van der Waals surface area (Å²) in [4.78, 5) is 0.677. The predicted molar refractivity (Wildman–Crippen MR) is 142 cm³/mol. The number of rotatable bonds is 7. The first-order valence-electron chi connectivity index (χ1n) is 11.9.